The standard InChI is InChI=1S/C16H21N3OS/c1-12-5-6-13(2)15(7-12)21-11-16(20)18(3)9-14-8-17-19(4)10-14/h5-8,10H,9,11H2,1-4H3. The molecule has 0 saturated heterocycles. The molecular weight excluding hydrogens is 282 g/mol. The Bertz CT molecular complexity index is 636. The number of thioether (sulfide) groups is 1. The van der Waals surface area contributed by atoms with Gasteiger partial charge in [-0.1, -0.05) is 17.7 Å². The van der Waals surface area contributed by atoms with Crippen LogP contribution in [0.3, 0.4) is 0 Å². The van der Waals surface area contributed by atoms with Crippen molar-refractivity contribution in [2.24, 2.45) is 7.05 Å². The summed E-state index contributed by atoms with van der Waals surface area (Å²) in [6.07, 6.45) is 3.73. The molecule has 0 aliphatic rings. The zero-order chi connectivity index (χ0) is 15.4. The van der Waals surface area contributed by atoms with E-state index in [1.54, 1.807) is 27.5 Å². The number of carbonyl (C=O) groups excluding carboxylic acids is 1. The van der Waals surface area contributed by atoms with E-state index >= 15 is 0 Å². The van der Waals surface area contributed by atoms with Crippen LogP contribution in [0.2, 0.25) is 0 Å². The van der Waals surface area contributed by atoms with Crippen LogP contribution in [0.15, 0.2) is 35.5 Å². The highest BCUT2D eigenvalue weighted by molar-refractivity contribution is 8.00. The Kier molecular flexibility index (Phi) is 5.07. The van der Waals surface area contributed by atoms with Gasteiger partial charge in [0.25, 0.3) is 0 Å². The highest BCUT2D eigenvalue weighted by Gasteiger charge is 2.11. The molecule has 0 aliphatic carbocycles. The molecular formula is C16H21N3OS. The van der Waals surface area contributed by atoms with Gasteiger partial charge in [0.15, 0.2) is 0 Å². The number of amides is 1. The zero-order valence-electron chi connectivity index (χ0n) is 13.0. The summed E-state index contributed by atoms with van der Waals surface area (Å²) >= 11 is 1.60. The second kappa shape index (κ2) is 6.80. The number of hydrogen-bond donors (Lipinski definition) is 0. The maximum atomic E-state index is 12.2. The second-order valence-electron chi connectivity index (χ2n) is 5.33. The molecule has 1 aromatic heterocycles. The first-order valence-corrected chi connectivity index (χ1v) is 7.86. The van der Waals surface area contributed by atoms with Crippen LogP contribution >= 0.6 is 11.8 Å². The minimum atomic E-state index is 0.129. The quantitative estimate of drug-likeness (QED) is 0.797. The Labute approximate surface area is 130 Å². The molecule has 1 aromatic carbocycles. The molecule has 2 rings (SSSR count). The van der Waals surface area contributed by atoms with E-state index < -0.39 is 0 Å². The monoisotopic (exact) mass is 303 g/mol. The third-order valence-electron chi connectivity index (χ3n) is 3.30. The van der Waals surface area contributed by atoms with E-state index in [1.807, 2.05) is 20.3 Å². The molecule has 0 unspecified atom stereocenters. The minimum absolute atomic E-state index is 0.129. The van der Waals surface area contributed by atoms with E-state index in [1.165, 1.54) is 16.0 Å². The molecule has 0 bridgehead atoms. The fraction of sp³-hybridized carbons (Fsp3) is 0.375. The second-order valence-corrected chi connectivity index (χ2v) is 6.35. The Morgan fingerprint density at radius 3 is 2.81 bits per heavy atom. The molecule has 0 atom stereocenters. The summed E-state index contributed by atoms with van der Waals surface area (Å²) in [7, 11) is 3.71. The average Bonchev–Trinajstić information content (AvgIpc) is 2.84. The van der Waals surface area contributed by atoms with Gasteiger partial charge in [0.2, 0.25) is 5.91 Å². The predicted molar refractivity (Wildman–Crippen MR) is 86.3 cm³/mol. The molecule has 2 aromatic rings. The van der Waals surface area contributed by atoms with Crippen molar-refractivity contribution in [2.75, 3.05) is 12.8 Å². The molecule has 4 nitrogen and oxygen atoms in total. The van der Waals surface area contributed by atoms with Gasteiger partial charge in [-0.2, -0.15) is 5.10 Å². The van der Waals surface area contributed by atoms with Crippen LogP contribution in [0, 0.1) is 13.8 Å². The van der Waals surface area contributed by atoms with Crippen molar-refractivity contribution < 1.29 is 4.79 Å². The predicted octanol–water partition coefficient (Wildman–Crippen LogP) is 2.79. The summed E-state index contributed by atoms with van der Waals surface area (Å²) in [6.45, 7) is 4.74. The van der Waals surface area contributed by atoms with Crippen LogP contribution in [0.4, 0.5) is 0 Å². The average molecular weight is 303 g/mol. The molecule has 0 N–H and O–H groups in total. The van der Waals surface area contributed by atoms with Gasteiger partial charge in [-0.25, -0.2) is 0 Å². The fourth-order valence-electron chi connectivity index (χ4n) is 2.03. The van der Waals surface area contributed by atoms with Crippen LogP contribution in [-0.2, 0) is 18.4 Å². The molecule has 1 amide bonds. The number of aromatic nitrogens is 2. The SMILES string of the molecule is Cc1ccc(C)c(SCC(=O)N(C)Cc2cnn(C)c2)c1. The van der Waals surface area contributed by atoms with Crippen LogP contribution in [0.5, 0.6) is 0 Å². The van der Waals surface area contributed by atoms with Gasteiger partial charge in [-0.15, -0.1) is 11.8 Å². The molecule has 112 valence electrons. The largest absolute Gasteiger partial charge is 0.341 e. The molecule has 0 fully saturated rings. The third-order valence-corrected chi connectivity index (χ3v) is 4.44. The fourth-order valence-corrected chi connectivity index (χ4v) is 3.09. The van der Waals surface area contributed by atoms with Gasteiger partial charge in [-0.05, 0) is 25.5 Å². The molecule has 0 saturated carbocycles. The summed E-state index contributed by atoms with van der Waals surface area (Å²) in [5.41, 5.74) is 3.48. The van der Waals surface area contributed by atoms with Crippen LogP contribution in [0.25, 0.3) is 0 Å². The highest BCUT2D eigenvalue weighted by atomic mass is 32.2. The first-order chi connectivity index (χ1) is 9.95. The minimum Gasteiger partial charge on any atom is -0.341 e. The number of hydrogen-bond acceptors (Lipinski definition) is 3. The van der Waals surface area contributed by atoms with Crippen molar-refractivity contribution in [3.05, 3.63) is 47.3 Å². The van der Waals surface area contributed by atoms with E-state index in [-0.39, 0.29) is 5.91 Å². The van der Waals surface area contributed by atoms with Crippen molar-refractivity contribution in [1.82, 2.24) is 14.7 Å². The number of benzene rings is 1. The van der Waals surface area contributed by atoms with Crippen molar-refractivity contribution in [2.45, 2.75) is 25.3 Å². The number of rotatable bonds is 5. The summed E-state index contributed by atoms with van der Waals surface area (Å²) in [5.74, 6) is 0.589. The normalized spacial score (nSPS) is 10.7. The maximum absolute atomic E-state index is 12.2. The molecule has 0 spiro atoms. The first-order valence-electron chi connectivity index (χ1n) is 6.87. The Morgan fingerprint density at radius 2 is 2.14 bits per heavy atom. The lowest BCUT2D eigenvalue weighted by molar-refractivity contribution is -0.127. The van der Waals surface area contributed by atoms with Gasteiger partial charge in [-0.3, -0.25) is 9.48 Å². The van der Waals surface area contributed by atoms with E-state index in [0.717, 1.165) is 5.56 Å². The lowest BCUT2D eigenvalue weighted by Crippen LogP contribution is -2.27. The lowest BCUT2D eigenvalue weighted by Gasteiger charge is -2.16. The smallest absolute Gasteiger partial charge is 0.232 e. The summed E-state index contributed by atoms with van der Waals surface area (Å²) < 4.78 is 1.75. The van der Waals surface area contributed by atoms with Crippen LogP contribution < -0.4 is 0 Å². The van der Waals surface area contributed by atoms with Gasteiger partial charge in [0.1, 0.15) is 0 Å². The molecule has 5 heteroatoms. The van der Waals surface area contributed by atoms with Crippen molar-refractivity contribution in [1.29, 1.82) is 0 Å². The topological polar surface area (TPSA) is 38.1 Å². The number of nitrogens with zero attached hydrogens (tertiary/aromatic N) is 3. The Morgan fingerprint density at radius 1 is 1.38 bits per heavy atom. The van der Waals surface area contributed by atoms with Crippen molar-refractivity contribution in [3.8, 4) is 0 Å². The van der Waals surface area contributed by atoms with E-state index in [2.05, 4.69) is 37.1 Å². The summed E-state index contributed by atoms with van der Waals surface area (Å²) in [4.78, 5) is 15.1. The van der Waals surface area contributed by atoms with Gasteiger partial charge < -0.3 is 4.90 Å². The van der Waals surface area contributed by atoms with Gasteiger partial charge >= 0.3 is 0 Å². The molecule has 0 radical (unpaired) electrons. The van der Waals surface area contributed by atoms with Gasteiger partial charge in [0.05, 0.1) is 11.9 Å². The Balaban J connectivity index is 1.90. The number of carbonyl (C=O) groups is 1. The third kappa shape index (κ3) is 4.36. The molecule has 1 heterocycles. The highest BCUT2D eigenvalue weighted by Crippen LogP contribution is 2.23. The van der Waals surface area contributed by atoms with E-state index in [0.29, 0.717) is 12.3 Å². The molecule has 21 heavy (non-hydrogen) atoms. The Hall–Kier alpha value is -1.75. The lowest BCUT2D eigenvalue weighted by atomic mass is 10.2. The first kappa shape index (κ1) is 15.6. The zero-order valence-corrected chi connectivity index (χ0v) is 13.8. The van der Waals surface area contributed by atoms with Crippen molar-refractivity contribution >= 4 is 17.7 Å². The summed E-state index contributed by atoms with van der Waals surface area (Å²) in [5, 5.41) is 4.12. The van der Waals surface area contributed by atoms with Crippen LogP contribution in [0.1, 0.15) is 16.7 Å². The maximum Gasteiger partial charge on any atom is 0.232 e. The van der Waals surface area contributed by atoms with Crippen molar-refractivity contribution in [3.63, 3.8) is 0 Å². The van der Waals surface area contributed by atoms with Crippen LogP contribution in [-0.4, -0.2) is 33.4 Å². The number of aryl methyl sites for hydroxylation is 3. The van der Waals surface area contributed by atoms with E-state index in [4.69, 9.17) is 0 Å². The summed E-state index contributed by atoms with van der Waals surface area (Å²) in [6, 6.07) is 6.33. The van der Waals surface area contributed by atoms with Gasteiger partial charge in [0, 0.05) is 37.3 Å². The molecule has 0 aliphatic heterocycles. The van der Waals surface area contributed by atoms with E-state index in [9.17, 15) is 4.79 Å².